The fourth-order valence-corrected chi connectivity index (χ4v) is 2.31. The molecule has 0 bridgehead atoms. The minimum absolute atomic E-state index is 0.0404. The maximum absolute atomic E-state index is 10.9. The molecule has 0 fully saturated rings. The third-order valence-corrected chi connectivity index (χ3v) is 3.88. The Morgan fingerprint density at radius 2 is 1.81 bits per heavy atom. The summed E-state index contributed by atoms with van der Waals surface area (Å²) in [6.07, 6.45) is 0. The number of anilines is 1. The third-order valence-electron chi connectivity index (χ3n) is 3.03. The number of nitrogens with one attached hydrogen (secondary N) is 2. The maximum Gasteiger partial charge on any atom is 0.307 e. The Morgan fingerprint density at radius 3 is 2.42 bits per heavy atom. The van der Waals surface area contributed by atoms with Crippen LogP contribution in [0.3, 0.4) is 0 Å². The second-order valence-corrected chi connectivity index (χ2v) is 6.18. The monoisotopic (exact) mass is 371 g/mol. The predicted octanol–water partition coefficient (Wildman–Crippen LogP) is 1.66. The topological polar surface area (TPSA) is 161 Å². The van der Waals surface area contributed by atoms with E-state index in [1.54, 1.807) is 12.1 Å². The number of H-pyrrole nitrogens is 1. The van der Waals surface area contributed by atoms with Crippen LogP contribution in [0.4, 0.5) is 11.6 Å². The van der Waals surface area contributed by atoms with Gasteiger partial charge < -0.3 is 4.55 Å². The minimum atomic E-state index is -4.50. The van der Waals surface area contributed by atoms with E-state index in [1.165, 1.54) is 24.3 Å². The number of amidine groups is 1. The lowest BCUT2D eigenvalue weighted by Gasteiger charge is -2.08. The van der Waals surface area contributed by atoms with Gasteiger partial charge >= 0.3 is 5.95 Å². The molecule has 0 saturated heterocycles. The van der Waals surface area contributed by atoms with Gasteiger partial charge in [0.05, 0.1) is 10.6 Å². The number of hydrogen-bond donors (Lipinski definition) is 2. The zero-order valence-electron chi connectivity index (χ0n) is 13.0. The van der Waals surface area contributed by atoms with E-state index < -0.39 is 10.1 Å². The number of benzene rings is 2. The lowest BCUT2D eigenvalue weighted by Crippen LogP contribution is -2.02. The SMILES string of the molecule is O=S(=O)([O-])c1ccc(NN=C(N=Nc2nn[nH]n2)c2ccccc2)cc1. The molecule has 2 N–H and O–H groups in total. The molecule has 0 saturated carbocycles. The number of hydrazone groups is 1. The number of nitrogens with zero attached hydrogens (tertiary/aromatic N) is 6. The zero-order valence-corrected chi connectivity index (χ0v) is 13.8. The van der Waals surface area contributed by atoms with E-state index in [4.69, 9.17) is 0 Å². The van der Waals surface area contributed by atoms with Crippen molar-refractivity contribution in [2.24, 2.45) is 15.3 Å². The summed E-state index contributed by atoms with van der Waals surface area (Å²) in [7, 11) is -4.50. The molecule has 12 heteroatoms. The summed E-state index contributed by atoms with van der Waals surface area (Å²) in [6, 6.07) is 14.2. The van der Waals surface area contributed by atoms with Crippen LogP contribution in [0.1, 0.15) is 5.56 Å². The van der Waals surface area contributed by atoms with Crippen LogP contribution in [-0.4, -0.2) is 39.4 Å². The average Bonchev–Trinajstić information content (AvgIpc) is 3.16. The molecule has 11 nitrogen and oxygen atoms in total. The van der Waals surface area contributed by atoms with Crippen molar-refractivity contribution in [2.75, 3.05) is 5.43 Å². The summed E-state index contributed by atoms with van der Waals surface area (Å²) >= 11 is 0. The maximum atomic E-state index is 10.9. The molecular weight excluding hydrogens is 360 g/mol. The van der Waals surface area contributed by atoms with Crippen LogP contribution < -0.4 is 5.43 Å². The van der Waals surface area contributed by atoms with Gasteiger partial charge in [-0.1, -0.05) is 35.4 Å². The van der Waals surface area contributed by atoms with E-state index in [9.17, 15) is 13.0 Å². The van der Waals surface area contributed by atoms with Gasteiger partial charge in [0.25, 0.3) is 0 Å². The number of rotatable bonds is 5. The van der Waals surface area contributed by atoms with Crippen LogP contribution in [0, 0.1) is 0 Å². The number of aromatic nitrogens is 4. The van der Waals surface area contributed by atoms with E-state index in [0.717, 1.165) is 0 Å². The molecule has 0 aliphatic rings. The Bertz CT molecular complexity index is 1020. The molecule has 0 unspecified atom stereocenters. The number of azo groups is 1. The first-order valence-corrected chi connectivity index (χ1v) is 8.53. The summed E-state index contributed by atoms with van der Waals surface area (Å²) in [5.41, 5.74) is 3.86. The second kappa shape index (κ2) is 7.58. The van der Waals surface area contributed by atoms with Gasteiger partial charge in [0.1, 0.15) is 10.1 Å². The number of hydrogen-bond acceptors (Lipinski definition) is 9. The molecule has 26 heavy (non-hydrogen) atoms. The van der Waals surface area contributed by atoms with Crippen LogP contribution in [0.5, 0.6) is 0 Å². The molecule has 3 rings (SSSR count). The van der Waals surface area contributed by atoms with Crippen molar-refractivity contribution in [1.29, 1.82) is 0 Å². The molecule has 0 radical (unpaired) electrons. The fraction of sp³-hybridized carbons (Fsp3) is 0. The molecular formula is C14H11N8O3S-. The summed E-state index contributed by atoms with van der Waals surface area (Å²) in [5, 5.41) is 24.9. The minimum Gasteiger partial charge on any atom is -0.744 e. The van der Waals surface area contributed by atoms with Gasteiger partial charge in [-0.25, -0.2) is 8.42 Å². The van der Waals surface area contributed by atoms with Crippen molar-refractivity contribution in [2.45, 2.75) is 4.90 Å². The first kappa shape index (κ1) is 17.3. The van der Waals surface area contributed by atoms with E-state index in [0.29, 0.717) is 11.3 Å². The van der Waals surface area contributed by atoms with Crippen molar-refractivity contribution in [3.8, 4) is 0 Å². The highest BCUT2D eigenvalue weighted by molar-refractivity contribution is 7.85. The second-order valence-electron chi connectivity index (χ2n) is 4.80. The van der Waals surface area contributed by atoms with Crippen molar-refractivity contribution in [1.82, 2.24) is 20.6 Å². The normalized spacial score (nSPS) is 12.4. The first-order chi connectivity index (χ1) is 12.5. The highest BCUT2D eigenvalue weighted by Gasteiger charge is 2.04. The molecule has 0 aliphatic heterocycles. The Balaban J connectivity index is 1.84. The summed E-state index contributed by atoms with van der Waals surface area (Å²) in [6.45, 7) is 0. The van der Waals surface area contributed by atoms with E-state index in [-0.39, 0.29) is 16.7 Å². The van der Waals surface area contributed by atoms with Gasteiger partial charge in [0.2, 0.25) is 5.84 Å². The van der Waals surface area contributed by atoms with E-state index >= 15 is 0 Å². The molecule has 0 spiro atoms. The van der Waals surface area contributed by atoms with Gasteiger partial charge in [0, 0.05) is 5.56 Å². The van der Waals surface area contributed by atoms with Crippen LogP contribution >= 0.6 is 0 Å². The molecule has 3 aromatic rings. The van der Waals surface area contributed by atoms with Crippen molar-refractivity contribution in [3.05, 3.63) is 60.2 Å². The molecule has 0 amide bonds. The standard InChI is InChI=1S/C14H12N8O3S/c23-26(24,25)12-8-6-11(7-9-12)15-16-13(10-4-2-1-3-5-10)17-18-14-19-21-22-20-14/h1-9,15H,(H,23,24,25)(H,19,20,21,22)/p-1. The average molecular weight is 371 g/mol. The Morgan fingerprint density at radius 1 is 1.08 bits per heavy atom. The smallest absolute Gasteiger partial charge is 0.307 e. The highest BCUT2D eigenvalue weighted by Crippen LogP contribution is 2.14. The molecule has 1 aromatic heterocycles. The predicted molar refractivity (Wildman–Crippen MR) is 89.7 cm³/mol. The lowest BCUT2D eigenvalue weighted by atomic mass is 10.2. The molecule has 1 heterocycles. The highest BCUT2D eigenvalue weighted by atomic mass is 32.2. The lowest BCUT2D eigenvalue weighted by molar-refractivity contribution is 0.463. The molecule has 0 aliphatic carbocycles. The van der Waals surface area contributed by atoms with Crippen LogP contribution in [-0.2, 0) is 10.1 Å². The van der Waals surface area contributed by atoms with Crippen molar-refractivity contribution < 1.29 is 13.0 Å². The summed E-state index contributed by atoms with van der Waals surface area (Å²) < 4.78 is 32.8. The van der Waals surface area contributed by atoms with Gasteiger partial charge in [-0.2, -0.15) is 10.3 Å². The largest absolute Gasteiger partial charge is 0.744 e. The third kappa shape index (κ3) is 4.52. The van der Waals surface area contributed by atoms with E-state index in [1.807, 2.05) is 18.2 Å². The summed E-state index contributed by atoms with van der Waals surface area (Å²) in [4.78, 5) is -0.327. The van der Waals surface area contributed by atoms with Gasteiger partial charge in [0.15, 0.2) is 0 Å². The van der Waals surface area contributed by atoms with Gasteiger partial charge in [-0.05, 0) is 29.5 Å². The number of tetrazole rings is 1. The summed E-state index contributed by atoms with van der Waals surface area (Å²) in [5.74, 6) is 0.273. The zero-order chi connectivity index (χ0) is 18.4. The fourth-order valence-electron chi connectivity index (χ4n) is 1.84. The van der Waals surface area contributed by atoms with E-state index in [2.05, 4.69) is 41.4 Å². The molecule has 0 atom stereocenters. The quantitative estimate of drug-likeness (QED) is 0.226. The molecule has 132 valence electrons. The Hall–Kier alpha value is -3.51. The van der Waals surface area contributed by atoms with Crippen LogP contribution in [0.15, 0.2) is 74.8 Å². The van der Waals surface area contributed by atoms with Crippen molar-refractivity contribution in [3.63, 3.8) is 0 Å². The van der Waals surface area contributed by atoms with Crippen molar-refractivity contribution >= 4 is 27.6 Å². The van der Waals surface area contributed by atoms with Gasteiger partial charge in [-0.3, -0.25) is 5.43 Å². The first-order valence-electron chi connectivity index (χ1n) is 7.13. The van der Waals surface area contributed by atoms with Crippen LogP contribution in [0.25, 0.3) is 0 Å². The number of aromatic amines is 1. The Labute approximate surface area is 147 Å². The Kier molecular flexibility index (Phi) is 5.05. The van der Waals surface area contributed by atoms with Crippen LogP contribution in [0.2, 0.25) is 0 Å². The molecule has 2 aromatic carbocycles. The van der Waals surface area contributed by atoms with Gasteiger partial charge in [-0.15, -0.1) is 15.3 Å².